The van der Waals surface area contributed by atoms with Crippen molar-refractivity contribution in [2.24, 2.45) is 0 Å². The molecule has 1 amide bonds. The zero-order valence-corrected chi connectivity index (χ0v) is 12.6. The van der Waals surface area contributed by atoms with Crippen molar-refractivity contribution >= 4 is 44.5 Å². The van der Waals surface area contributed by atoms with Crippen LogP contribution in [0.25, 0.3) is 0 Å². The van der Waals surface area contributed by atoms with Crippen LogP contribution in [0.5, 0.6) is 0 Å². The Morgan fingerprint density at radius 1 is 1.41 bits per heavy atom. The van der Waals surface area contributed by atoms with E-state index < -0.39 is 0 Å². The number of thiophene rings is 2. The fourth-order valence-corrected chi connectivity index (χ4v) is 3.58. The maximum atomic E-state index is 12.2. The quantitative estimate of drug-likeness (QED) is 0.821. The second-order valence-corrected chi connectivity index (χ2v) is 7.00. The van der Waals surface area contributed by atoms with Gasteiger partial charge in [-0.2, -0.15) is 0 Å². The van der Waals surface area contributed by atoms with E-state index in [0.29, 0.717) is 6.54 Å². The predicted molar refractivity (Wildman–Crippen MR) is 76.8 cm³/mol. The maximum absolute atomic E-state index is 12.2. The Morgan fingerprint density at radius 2 is 2.24 bits per heavy atom. The Balaban J connectivity index is 2.10. The highest BCUT2D eigenvalue weighted by Gasteiger charge is 2.16. The predicted octanol–water partition coefficient (Wildman–Crippen LogP) is 4.23. The summed E-state index contributed by atoms with van der Waals surface area (Å²) in [4.78, 5) is 16.1. The monoisotopic (exact) mass is 329 g/mol. The molecule has 0 aliphatic heterocycles. The molecule has 2 aromatic rings. The fourth-order valence-electron chi connectivity index (χ4n) is 1.50. The van der Waals surface area contributed by atoms with E-state index in [0.717, 1.165) is 15.2 Å². The Bertz CT molecular complexity index is 492. The minimum Gasteiger partial charge on any atom is -0.333 e. The summed E-state index contributed by atoms with van der Waals surface area (Å²) < 4.78 is 0.994. The Hall–Kier alpha value is -0.650. The van der Waals surface area contributed by atoms with E-state index in [1.807, 2.05) is 35.4 Å². The third kappa shape index (κ3) is 3.18. The Labute approximate surface area is 117 Å². The molecule has 0 atom stereocenters. The first-order valence-electron chi connectivity index (χ1n) is 5.27. The van der Waals surface area contributed by atoms with Crippen LogP contribution in [0.15, 0.2) is 33.4 Å². The molecule has 2 heterocycles. The molecular weight excluding hydrogens is 318 g/mol. The molecule has 17 heavy (non-hydrogen) atoms. The fraction of sp³-hybridized carbons (Fsp3) is 0.250. The zero-order valence-electron chi connectivity index (χ0n) is 9.35. The number of rotatable bonds is 4. The second-order valence-electron chi connectivity index (χ2n) is 3.50. The van der Waals surface area contributed by atoms with Gasteiger partial charge in [0.2, 0.25) is 0 Å². The van der Waals surface area contributed by atoms with Crippen molar-refractivity contribution < 1.29 is 4.79 Å². The van der Waals surface area contributed by atoms with Crippen LogP contribution < -0.4 is 0 Å². The largest absolute Gasteiger partial charge is 0.333 e. The van der Waals surface area contributed by atoms with Crippen LogP contribution in [0, 0.1) is 0 Å². The summed E-state index contributed by atoms with van der Waals surface area (Å²) in [5, 5.41) is 2.04. The number of halogens is 1. The minimum absolute atomic E-state index is 0.108. The Kier molecular flexibility index (Phi) is 4.36. The molecule has 0 radical (unpaired) electrons. The summed E-state index contributed by atoms with van der Waals surface area (Å²) in [6, 6.07) is 7.86. The topological polar surface area (TPSA) is 20.3 Å². The van der Waals surface area contributed by atoms with Crippen molar-refractivity contribution in [3.05, 3.63) is 43.2 Å². The van der Waals surface area contributed by atoms with Gasteiger partial charge in [-0.15, -0.1) is 22.7 Å². The van der Waals surface area contributed by atoms with Crippen LogP contribution in [-0.4, -0.2) is 17.4 Å². The molecule has 0 N–H and O–H groups in total. The molecule has 0 saturated carbocycles. The number of carbonyl (C=O) groups excluding carboxylic acids is 1. The van der Waals surface area contributed by atoms with Gasteiger partial charge in [-0.3, -0.25) is 4.79 Å². The van der Waals surface area contributed by atoms with E-state index in [4.69, 9.17) is 0 Å². The number of hydrogen-bond acceptors (Lipinski definition) is 3. The van der Waals surface area contributed by atoms with Gasteiger partial charge >= 0.3 is 0 Å². The van der Waals surface area contributed by atoms with Gasteiger partial charge in [0, 0.05) is 11.4 Å². The average molecular weight is 330 g/mol. The van der Waals surface area contributed by atoms with E-state index >= 15 is 0 Å². The Morgan fingerprint density at radius 3 is 2.76 bits per heavy atom. The maximum Gasteiger partial charge on any atom is 0.264 e. The lowest BCUT2D eigenvalue weighted by Crippen LogP contribution is -2.29. The molecule has 0 spiro atoms. The summed E-state index contributed by atoms with van der Waals surface area (Å²) in [5.41, 5.74) is 0. The second kappa shape index (κ2) is 5.80. The van der Waals surface area contributed by atoms with Crippen LogP contribution in [-0.2, 0) is 6.54 Å². The molecule has 0 bridgehead atoms. The molecule has 0 unspecified atom stereocenters. The van der Waals surface area contributed by atoms with Gasteiger partial charge < -0.3 is 4.90 Å². The summed E-state index contributed by atoms with van der Waals surface area (Å²) in [6.07, 6.45) is 0. The van der Waals surface area contributed by atoms with E-state index in [-0.39, 0.29) is 5.91 Å². The lowest BCUT2D eigenvalue weighted by atomic mass is 10.3. The third-order valence-corrected chi connectivity index (χ3v) is 4.85. The molecule has 90 valence electrons. The van der Waals surface area contributed by atoms with Crippen LogP contribution in [0.1, 0.15) is 21.5 Å². The van der Waals surface area contributed by atoms with Gasteiger partial charge in [-0.05, 0) is 46.4 Å². The minimum atomic E-state index is 0.108. The van der Waals surface area contributed by atoms with Crippen molar-refractivity contribution in [2.45, 2.75) is 13.5 Å². The molecule has 2 nitrogen and oxygen atoms in total. The molecule has 5 heteroatoms. The van der Waals surface area contributed by atoms with Gasteiger partial charge in [0.25, 0.3) is 5.91 Å². The molecule has 0 aliphatic carbocycles. The third-order valence-electron chi connectivity index (χ3n) is 2.38. The average Bonchev–Trinajstić information content (AvgIpc) is 2.96. The first-order valence-corrected chi connectivity index (χ1v) is 7.76. The van der Waals surface area contributed by atoms with Gasteiger partial charge in [0.05, 0.1) is 15.2 Å². The van der Waals surface area contributed by atoms with Crippen molar-refractivity contribution in [3.8, 4) is 0 Å². The number of carbonyl (C=O) groups is 1. The van der Waals surface area contributed by atoms with Gasteiger partial charge in [0.1, 0.15) is 0 Å². The van der Waals surface area contributed by atoms with Crippen LogP contribution >= 0.6 is 38.6 Å². The van der Waals surface area contributed by atoms with Crippen molar-refractivity contribution in [1.82, 2.24) is 4.90 Å². The highest BCUT2D eigenvalue weighted by molar-refractivity contribution is 9.11. The van der Waals surface area contributed by atoms with Crippen LogP contribution in [0.4, 0.5) is 0 Å². The number of hydrogen-bond donors (Lipinski definition) is 0. The summed E-state index contributed by atoms with van der Waals surface area (Å²) in [5.74, 6) is 0.108. The summed E-state index contributed by atoms with van der Waals surface area (Å²) >= 11 is 6.55. The van der Waals surface area contributed by atoms with E-state index in [1.165, 1.54) is 16.2 Å². The van der Waals surface area contributed by atoms with Crippen molar-refractivity contribution in [1.29, 1.82) is 0 Å². The van der Waals surface area contributed by atoms with Gasteiger partial charge in [-0.25, -0.2) is 0 Å². The van der Waals surface area contributed by atoms with Gasteiger partial charge in [-0.1, -0.05) is 6.07 Å². The van der Waals surface area contributed by atoms with E-state index in [2.05, 4.69) is 22.0 Å². The molecule has 2 aromatic heterocycles. The van der Waals surface area contributed by atoms with Crippen molar-refractivity contribution in [3.63, 3.8) is 0 Å². The molecule has 0 fully saturated rings. The zero-order chi connectivity index (χ0) is 12.3. The van der Waals surface area contributed by atoms with E-state index in [1.54, 1.807) is 11.3 Å². The molecule has 0 saturated heterocycles. The molecule has 2 rings (SSSR count). The lowest BCUT2D eigenvalue weighted by molar-refractivity contribution is 0.0759. The summed E-state index contributed by atoms with van der Waals surface area (Å²) in [6.45, 7) is 3.43. The molecular formula is C12H12BrNOS2. The van der Waals surface area contributed by atoms with Crippen LogP contribution in [0.3, 0.4) is 0 Å². The molecule has 0 aromatic carbocycles. The summed E-state index contributed by atoms with van der Waals surface area (Å²) in [7, 11) is 0. The normalized spacial score (nSPS) is 10.5. The van der Waals surface area contributed by atoms with E-state index in [9.17, 15) is 4.79 Å². The lowest BCUT2D eigenvalue weighted by Gasteiger charge is -2.19. The van der Waals surface area contributed by atoms with Crippen LogP contribution in [0.2, 0.25) is 0 Å². The highest BCUT2D eigenvalue weighted by atomic mass is 79.9. The van der Waals surface area contributed by atoms with Gasteiger partial charge in [0.15, 0.2) is 0 Å². The number of nitrogens with zero attached hydrogens (tertiary/aromatic N) is 1. The smallest absolute Gasteiger partial charge is 0.264 e. The first-order chi connectivity index (χ1) is 8.20. The SMILES string of the molecule is CCN(Cc1cccs1)C(=O)c1ccc(Br)s1. The van der Waals surface area contributed by atoms with Crippen molar-refractivity contribution in [2.75, 3.05) is 6.54 Å². The standard InChI is InChI=1S/C12H12BrNOS2/c1-2-14(8-9-4-3-7-16-9)12(15)10-5-6-11(13)17-10/h3-7H,2,8H2,1H3. The first kappa shape index (κ1) is 12.8. The number of amides is 1. The molecule has 0 aliphatic rings. The highest BCUT2D eigenvalue weighted by Crippen LogP contribution is 2.24.